The van der Waals surface area contributed by atoms with Crippen molar-refractivity contribution in [3.05, 3.63) is 28.3 Å². The van der Waals surface area contributed by atoms with E-state index in [1.54, 1.807) is 13.2 Å². The number of hydrogen-bond acceptors (Lipinski definition) is 4. The molecule has 0 saturated heterocycles. The first-order valence-corrected chi connectivity index (χ1v) is 6.17. The smallest absolute Gasteiger partial charge is 0.206 e. The number of benzene rings is 1. The van der Waals surface area contributed by atoms with Crippen LogP contribution >= 0.6 is 24.8 Å². The molecule has 0 unspecified atom stereocenters. The number of nitrogens with zero attached hydrogens (tertiary/aromatic N) is 1. The van der Waals surface area contributed by atoms with Gasteiger partial charge >= 0.3 is 0 Å². The standard InChI is InChI=1S/C13H18N6O.2ClH/c1-6-10(20-2)5-8(12(14)15)7-3-4-9(11(6)7)18-19-13(16)17;;/h5H,3-4H2,1-2H3,(H3,14,15)(H4,16,17,19);2*1H. The predicted molar refractivity (Wildman–Crippen MR) is 93.2 cm³/mol. The fraction of sp³-hybridized carbons (Fsp3) is 0.308. The maximum atomic E-state index is 7.69. The first-order valence-electron chi connectivity index (χ1n) is 6.17. The van der Waals surface area contributed by atoms with Crippen LogP contribution < -0.4 is 21.6 Å². The number of hydrazone groups is 1. The van der Waals surface area contributed by atoms with Crippen molar-refractivity contribution in [2.24, 2.45) is 16.6 Å². The molecule has 122 valence electrons. The quantitative estimate of drug-likeness (QED) is 0.320. The van der Waals surface area contributed by atoms with Gasteiger partial charge in [-0.3, -0.25) is 10.8 Å². The molecule has 7 nitrogen and oxygen atoms in total. The van der Waals surface area contributed by atoms with Crippen molar-refractivity contribution >= 4 is 42.3 Å². The van der Waals surface area contributed by atoms with E-state index < -0.39 is 0 Å². The zero-order chi connectivity index (χ0) is 14.9. The van der Waals surface area contributed by atoms with Gasteiger partial charge in [-0.05, 0) is 31.4 Å². The first kappa shape index (κ1) is 20.0. The maximum Gasteiger partial charge on any atom is 0.206 e. The molecule has 0 aromatic heterocycles. The minimum atomic E-state index is -0.210. The van der Waals surface area contributed by atoms with E-state index in [1.165, 1.54) is 0 Å². The van der Waals surface area contributed by atoms with Crippen LogP contribution in [0.5, 0.6) is 5.75 Å². The lowest BCUT2D eigenvalue weighted by Crippen LogP contribution is -2.26. The Morgan fingerprint density at radius 3 is 2.41 bits per heavy atom. The van der Waals surface area contributed by atoms with Crippen molar-refractivity contribution in [1.82, 2.24) is 5.43 Å². The molecule has 0 radical (unpaired) electrons. The lowest BCUT2D eigenvalue weighted by atomic mass is 9.96. The third kappa shape index (κ3) is 3.61. The second kappa shape index (κ2) is 7.86. The summed E-state index contributed by atoms with van der Waals surface area (Å²) in [6.07, 6.45) is 1.47. The van der Waals surface area contributed by atoms with Gasteiger partial charge in [-0.2, -0.15) is 5.10 Å². The van der Waals surface area contributed by atoms with E-state index in [2.05, 4.69) is 10.5 Å². The van der Waals surface area contributed by atoms with Crippen molar-refractivity contribution < 1.29 is 4.74 Å². The zero-order valence-corrected chi connectivity index (χ0v) is 14.0. The van der Waals surface area contributed by atoms with Gasteiger partial charge in [0.15, 0.2) is 0 Å². The number of nitrogens with one attached hydrogen (secondary N) is 3. The number of guanidine groups is 1. The summed E-state index contributed by atoms with van der Waals surface area (Å²) in [5, 5.41) is 19.0. The summed E-state index contributed by atoms with van der Waals surface area (Å²) in [4.78, 5) is 0. The van der Waals surface area contributed by atoms with E-state index in [0.717, 1.165) is 28.8 Å². The van der Waals surface area contributed by atoms with Crippen LogP contribution in [-0.2, 0) is 6.42 Å². The van der Waals surface area contributed by atoms with Gasteiger partial charge in [0.25, 0.3) is 0 Å². The SMILES string of the molecule is COc1cc(C(=N)N)c2c(c1C)C(=NNC(=N)N)CC2.Cl.Cl. The molecule has 1 aromatic rings. The Morgan fingerprint density at radius 2 is 1.91 bits per heavy atom. The third-order valence-electron chi connectivity index (χ3n) is 3.37. The summed E-state index contributed by atoms with van der Waals surface area (Å²) >= 11 is 0. The van der Waals surface area contributed by atoms with Gasteiger partial charge in [-0.15, -0.1) is 24.8 Å². The highest BCUT2D eigenvalue weighted by Crippen LogP contribution is 2.34. The fourth-order valence-corrected chi connectivity index (χ4v) is 2.52. The summed E-state index contributed by atoms with van der Waals surface area (Å²) in [5.74, 6) is 0.477. The average Bonchev–Trinajstić information content (AvgIpc) is 2.81. The predicted octanol–water partition coefficient (Wildman–Crippen LogP) is 1.26. The fourth-order valence-electron chi connectivity index (χ4n) is 2.52. The van der Waals surface area contributed by atoms with Crippen LogP contribution in [0.25, 0.3) is 0 Å². The van der Waals surface area contributed by atoms with Crippen LogP contribution in [0.15, 0.2) is 11.2 Å². The molecular formula is C13H20Cl2N6O. The Bertz CT molecular complexity index is 629. The Kier molecular flexibility index (Phi) is 7.15. The summed E-state index contributed by atoms with van der Waals surface area (Å²) in [6, 6.07) is 1.79. The lowest BCUT2D eigenvalue weighted by Gasteiger charge is -2.14. The van der Waals surface area contributed by atoms with Gasteiger partial charge in [0.1, 0.15) is 11.6 Å². The number of halogens is 2. The van der Waals surface area contributed by atoms with Gasteiger partial charge in [0.2, 0.25) is 5.96 Å². The number of amidine groups is 1. The van der Waals surface area contributed by atoms with E-state index in [0.29, 0.717) is 17.7 Å². The van der Waals surface area contributed by atoms with Crippen molar-refractivity contribution in [3.8, 4) is 5.75 Å². The highest BCUT2D eigenvalue weighted by molar-refractivity contribution is 6.10. The second-order valence-corrected chi connectivity index (χ2v) is 4.60. The number of methoxy groups -OCH3 is 1. The van der Waals surface area contributed by atoms with Gasteiger partial charge in [-0.1, -0.05) is 0 Å². The van der Waals surface area contributed by atoms with Crippen LogP contribution in [0.3, 0.4) is 0 Å². The Balaban J connectivity index is 0.00000220. The molecule has 0 bridgehead atoms. The zero-order valence-electron chi connectivity index (χ0n) is 12.3. The van der Waals surface area contributed by atoms with E-state index >= 15 is 0 Å². The largest absolute Gasteiger partial charge is 0.496 e. The number of hydrogen-bond donors (Lipinski definition) is 5. The number of fused-ring (bicyclic) bond motifs is 1. The second-order valence-electron chi connectivity index (χ2n) is 4.60. The highest BCUT2D eigenvalue weighted by atomic mass is 35.5. The molecule has 2 rings (SSSR count). The van der Waals surface area contributed by atoms with E-state index in [4.69, 9.17) is 27.0 Å². The maximum absolute atomic E-state index is 7.69. The summed E-state index contributed by atoms with van der Waals surface area (Å²) in [7, 11) is 1.58. The van der Waals surface area contributed by atoms with Gasteiger partial charge in [0.05, 0.1) is 12.8 Å². The molecule has 1 aliphatic carbocycles. The van der Waals surface area contributed by atoms with Crippen molar-refractivity contribution in [2.45, 2.75) is 19.8 Å². The molecule has 7 N–H and O–H groups in total. The van der Waals surface area contributed by atoms with Crippen molar-refractivity contribution in [2.75, 3.05) is 7.11 Å². The molecule has 0 fully saturated rings. The van der Waals surface area contributed by atoms with Gasteiger partial charge in [0, 0.05) is 16.7 Å². The summed E-state index contributed by atoms with van der Waals surface area (Å²) in [6.45, 7) is 1.94. The molecule has 0 amide bonds. The average molecular weight is 347 g/mol. The van der Waals surface area contributed by atoms with Crippen LogP contribution in [0, 0.1) is 17.7 Å². The molecule has 0 saturated carbocycles. The minimum absolute atomic E-state index is 0. The van der Waals surface area contributed by atoms with E-state index in [-0.39, 0.29) is 36.6 Å². The van der Waals surface area contributed by atoms with Crippen LogP contribution in [-0.4, -0.2) is 24.6 Å². The molecule has 1 aliphatic rings. The molecular weight excluding hydrogens is 327 g/mol. The monoisotopic (exact) mass is 346 g/mol. The van der Waals surface area contributed by atoms with Gasteiger partial charge in [-0.25, -0.2) is 5.43 Å². The number of nitrogen functional groups attached to an aromatic ring is 1. The van der Waals surface area contributed by atoms with Crippen LogP contribution in [0.2, 0.25) is 0 Å². The Hall–Kier alpha value is -1.99. The normalized spacial score (nSPS) is 13.6. The molecule has 22 heavy (non-hydrogen) atoms. The summed E-state index contributed by atoms with van der Waals surface area (Å²) in [5.41, 5.74) is 17.7. The minimum Gasteiger partial charge on any atom is -0.496 e. The number of ether oxygens (including phenoxy) is 1. The van der Waals surface area contributed by atoms with Gasteiger partial charge < -0.3 is 16.2 Å². The first-order chi connectivity index (χ1) is 9.45. The topological polar surface area (TPSA) is 133 Å². The van der Waals surface area contributed by atoms with Crippen LogP contribution in [0.4, 0.5) is 0 Å². The molecule has 0 spiro atoms. The molecule has 0 heterocycles. The van der Waals surface area contributed by atoms with Crippen LogP contribution in [0.1, 0.15) is 28.7 Å². The van der Waals surface area contributed by atoms with Crippen molar-refractivity contribution in [3.63, 3.8) is 0 Å². The van der Waals surface area contributed by atoms with E-state index in [1.807, 2.05) is 6.92 Å². The molecule has 1 aromatic carbocycles. The Morgan fingerprint density at radius 1 is 1.27 bits per heavy atom. The van der Waals surface area contributed by atoms with E-state index in [9.17, 15) is 0 Å². The third-order valence-corrected chi connectivity index (χ3v) is 3.37. The summed E-state index contributed by atoms with van der Waals surface area (Å²) < 4.78 is 5.34. The number of nitrogens with two attached hydrogens (primary N) is 2. The van der Waals surface area contributed by atoms with Crippen molar-refractivity contribution in [1.29, 1.82) is 10.8 Å². The molecule has 0 aliphatic heterocycles. The Labute approximate surface area is 141 Å². The molecule has 0 atom stereocenters. The lowest BCUT2D eigenvalue weighted by molar-refractivity contribution is 0.411. The molecule has 9 heteroatoms. The highest BCUT2D eigenvalue weighted by Gasteiger charge is 2.26. The number of rotatable bonds is 3.